The molecule has 0 aliphatic heterocycles. The van der Waals surface area contributed by atoms with E-state index in [1.54, 1.807) is 26.3 Å². The zero-order chi connectivity index (χ0) is 16.0. The van der Waals surface area contributed by atoms with Crippen LogP contribution in [0, 0.1) is 0 Å². The van der Waals surface area contributed by atoms with Gasteiger partial charge >= 0.3 is 12.0 Å². The molecule has 7 nitrogen and oxygen atoms in total. The molecule has 0 aliphatic carbocycles. The van der Waals surface area contributed by atoms with Crippen molar-refractivity contribution in [3.8, 4) is 5.75 Å². The fraction of sp³-hybridized carbons (Fsp3) is 0.429. The number of nitrogens with one attached hydrogen (secondary N) is 1. The van der Waals surface area contributed by atoms with E-state index in [2.05, 4.69) is 5.32 Å². The molecule has 3 N–H and O–H groups in total. The molecule has 1 aromatic carbocycles. The molecule has 7 heteroatoms. The lowest BCUT2D eigenvalue weighted by Crippen LogP contribution is -2.51. The van der Waals surface area contributed by atoms with E-state index in [0.29, 0.717) is 12.3 Å². The van der Waals surface area contributed by atoms with Crippen LogP contribution in [0.2, 0.25) is 0 Å². The van der Waals surface area contributed by atoms with Crippen molar-refractivity contribution < 1.29 is 24.5 Å². The van der Waals surface area contributed by atoms with Crippen LogP contribution in [0.4, 0.5) is 4.79 Å². The zero-order valence-electron chi connectivity index (χ0n) is 12.2. The van der Waals surface area contributed by atoms with Crippen LogP contribution in [-0.4, -0.2) is 53.4 Å². The van der Waals surface area contributed by atoms with Crippen molar-refractivity contribution in [2.24, 2.45) is 0 Å². The number of urea groups is 1. The van der Waals surface area contributed by atoms with Crippen LogP contribution in [-0.2, 0) is 11.3 Å². The maximum atomic E-state index is 11.9. The van der Waals surface area contributed by atoms with Gasteiger partial charge in [0.05, 0.1) is 13.2 Å². The highest BCUT2D eigenvalue weighted by molar-refractivity contribution is 5.82. The van der Waals surface area contributed by atoms with Crippen molar-refractivity contribution >= 4 is 12.0 Å². The number of carbonyl (C=O) groups is 2. The van der Waals surface area contributed by atoms with Crippen molar-refractivity contribution in [1.82, 2.24) is 10.2 Å². The van der Waals surface area contributed by atoms with Crippen LogP contribution < -0.4 is 10.1 Å². The summed E-state index contributed by atoms with van der Waals surface area (Å²) in [4.78, 5) is 24.2. The highest BCUT2D eigenvalue weighted by Crippen LogP contribution is 2.12. The summed E-state index contributed by atoms with van der Waals surface area (Å²) < 4.78 is 5.04. The molecular weight excluding hydrogens is 276 g/mol. The molecule has 2 amide bonds. The fourth-order valence-corrected chi connectivity index (χ4v) is 1.71. The molecule has 1 aromatic rings. The first-order chi connectivity index (χ1) is 9.85. The number of hydrogen-bond donors (Lipinski definition) is 3. The van der Waals surface area contributed by atoms with Crippen LogP contribution in [0.15, 0.2) is 24.3 Å². The van der Waals surface area contributed by atoms with Gasteiger partial charge in [-0.05, 0) is 24.6 Å². The number of carboxylic acids is 1. The van der Waals surface area contributed by atoms with Gasteiger partial charge in [0.1, 0.15) is 5.75 Å². The molecule has 116 valence electrons. The van der Waals surface area contributed by atoms with E-state index >= 15 is 0 Å². The molecule has 21 heavy (non-hydrogen) atoms. The van der Waals surface area contributed by atoms with Gasteiger partial charge in [-0.25, -0.2) is 9.59 Å². The minimum Gasteiger partial charge on any atom is -0.497 e. The maximum Gasteiger partial charge on any atom is 0.328 e. The van der Waals surface area contributed by atoms with Crippen LogP contribution in [0.1, 0.15) is 12.5 Å². The van der Waals surface area contributed by atoms with Crippen LogP contribution >= 0.6 is 0 Å². The summed E-state index contributed by atoms with van der Waals surface area (Å²) >= 11 is 0. The Morgan fingerprint density at radius 3 is 2.33 bits per heavy atom. The van der Waals surface area contributed by atoms with Crippen LogP contribution in [0.25, 0.3) is 0 Å². The molecular formula is C14H20N2O5. The number of rotatable bonds is 6. The maximum absolute atomic E-state index is 11.9. The minimum absolute atomic E-state index is 0.308. The molecule has 0 spiro atoms. The number of aliphatic carboxylic acids is 1. The predicted molar refractivity (Wildman–Crippen MR) is 76.1 cm³/mol. The lowest BCUT2D eigenvalue weighted by molar-refractivity contribution is -0.141. The Bertz CT molecular complexity index is 487. The topological polar surface area (TPSA) is 99.1 Å². The van der Waals surface area contributed by atoms with E-state index in [0.717, 1.165) is 5.56 Å². The molecule has 0 saturated heterocycles. The van der Waals surface area contributed by atoms with Crippen LogP contribution in [0.3, 0.4) is 0 Å². The number of nitrogens with zero attached hydrogens (tertiary/aromatic N) is 1. The molecule has 0 heterocycles. The second-order valence-electron chi connectivity index (χ2n) is 4.71. The summed E-state index contributed by atoms with van der Waals surface area (Å²) in [5.74, 6) is -0.568. The van der Waals surface area contributed by atoms with Crippen molar-refractivity contribution in [1.29, 1.82) is 0 Å². The SMILES string of the molecule is COc1ccc(CN(C)C(=O)N[C@H](C(=O)O)[C@@H](C)O)cc1. The van der Waals surface area contributed by atoms with E-state index in [-0.39, 0.29) is 0 Å². The van der Waals surface area contributed by atoms with Gasteiger partial charge in [0.25, 0.3) is 0 Å². The summed E-state index contributed by atoms with van der Waals surface area (Å²) in [6.45, 7) is 1.62. The molecule has 2 atom stereocenters. The van der Waals surface area contributed by atoms with Gasteiger partial charge in [-0.3, -0.25) is 0 Å². The van der Waals surface area contributed by atoms with Gasteiger partial charge in [-0.2, -0.15) is 0 Å². The fourth-order valence-electron chi connectivity index (χ4n) is 1.71. The van der Waals surface area contributed by atoms with Gasteiger partial charge in [-0.1, -0.05) is 12.1 Å². The molecule has 0 fully saturated rings. The number of aliphatic hydroxyl groups is 1. The minimum atomic E-state index is -1.34. The Morgan fingerprint density at radius 1 is 1.33 bits per heavy atom. The van der Waals surface area contributed by atoms with E-state index < -0.39 is 24.1 Å². The predicted octanol–water partition coefficient (Wildman–Crippen LogP) is 0.671. The summed E-state index contributed by atoms with van der Waals surface area (Å²) in [7, 11) is 3.11. The first-order valence-electron chi connectivity index (χ1n) is 6.40. The third-order valence-corrected chi connectivity index (χ3v) is 2.95. The molecule has 0 saturated carbocycles. The Labute approximate surface area is 123 Å². The number of amides is 2. The number of ether oxygens (including phenoxy) is 1. The number of benzene rings is 1. The highest BCUT2D eigenvalue weighted by atomic mass is 16.5. The monoisotopic (exact) mass is 296 g/mol. The second-order valence-corrected chi connectivity index (χ2v) is 4.71. The summed E-state index contributed by atoms with van der Waals surface area (Å²) in [6, 6.07) is 5.26. The smallest absolute Gasteiger partial charge is 0.328 e. The average molecular weight is 296 g/mol. The number of hydrogen-bond acceptors (Lipinski definition) is 4. The van der Waals surface area contributed by atoms with Crippen LogP contribution in [0.5, 0.6) is 5.75 Å². The molecule has 0 aliphatic rings. The van der Waals surface area contributed by atoms with Gasteiger partial charge < -0.3 is 25.2 Å². The Hall–Kier alpha value is -2.28. The zero-order valence-corrected chi connectivity index (χ0v) is 12.2. The number of carbonyl (C=O) groups excluding carboxylic acids is 1. The summed E-state index contributed by atoms with van der Waals surface area (Å²) in [5, 5.41) is 20.5. The van der Waals surface area contributed by atoms with Gasteiger partial charge in [-0.15, -0.1) is 0 Å². The standard InChI is InChI=1S/C14H20N2O5/c1-9(17)12(13(18)19)15-14(20)16(2)8-10-4-6-11(21-3)7-5-10/h4-7,9,12,17H,8H2,1-3H3,(H,15,20)(H,18,19)/t9-,12+/m1/s1. The first-order valence-corrected chi connectivity index (χ1v) is 6.40. The molecule has 1 rings (SSSR count). The largest absolute Gasteiger partial charge is 0.497 e. The molecule has 0 unspecified atom stereocenters. The normalized spacial score (nSPS) is 13.1. The third kappa shape index (κ3) is 4.96. The quantitative estimate of drug-likeness (QED) is 0.716. The van der Waals surface area contributed by atoms with Crippen molar-refractivity contribution in [2.75, 3.05) is 14.2 Å². The Morgan fingerprint density at radius 2 is 1.90 bits per heavy atom. The number of carboxylic acid groups (broad SMARTS) is 1. The molecule has 0 radical (unpaired) electrons. The van der Waals surface area contributed by atoms with E-state index in [1.165, 1.54) is 11.8 Å². The lowest BCUT2D eigenvalue weighted by atomic mass is 10.2. The summed E-state index contributed by atoms with van der Waals surface area (Å²) in [6.07, 6.45) is -1.18. The van der Waals surface area contributed by atoms with Crippen molar-refractivity contribution in [2.45, 2.75) is 25.6 Å². The van der Waals surface area contributed by atoms with Crippen molar-refractivity contribution in [3.63, 3.8) is 0 Å². The van der Waals surface area contributed by atoms with E-state index in [1.807, 2.05) is 12.1 Å². The van der Waals surface area contributed by atoms with Gasteiger partial charge in [0, 0.05) is 13.6 Å². The number of aliphatic hydroxyl groups excluding tert-OH is 1. The third-order valence-electron chi connectivity index (χ3n) is 2.95. The molecule has 0 aromatic heterocycles. The number of methoxy groups -OCH3 is 1. The van der Waals surface area contributed by atoms with Gasteiger partial charge in [0.2, 0.25) is 0 Å². The van der Waals surface area contributed by atoms with E-state index in [4.69, 9.17) is 9.84 Å². The second kappa shape index (κ2) is 7.49. The van der Waals surface area contributed by atoms with Crippen molar-refractivity contribution in [3.05, 3.63) is 29.8 Å². The first kappa shape index (κ1) is 16.8. The Kier molecular flexibility index (Phi) is 5.98. The average Bonchev–Trinajstić information content (AvgIpc) is 2.44. The Balaban J connectivity index is 2.63. The molecule has 0 bridgehead atoms. The van der Waals surface area contributed by atoms with Gasteiger partial charge in [0.15, 0.2) is 6.04 Å². The highest BCUT2D eigenvalue weighted by Gasteiger charge is 2.26. The summed E-state index contributed by atoms with van der Waals surface area (Å²) in [5.41, 5.74) is 0.873. The lowest BCUT2D eigenvalue weighted by Gasteiger charge is -2.22. The van der Waals surface area contributed by atoms with E-state index in [9.17, 15) is 14.7 Å².